The number of rotatable bonds is 5. The van der Waals surface area contributed by atoms with Crippen LogP contribution in [-0.4, -0.2) is 19.7 Å². The molecule has 3 rings (SSSR count). The quantitative estimate of drug-likeness (QED) is 0.884. The molecule has 0 spiro atoms. The molecule has 0 aromatic heterocycles. The standard InChI is InChI=1S/C21H27NO/c1-21(2,18-8-4-3-5-9-18)19-10-12-20(13-11-19)23-16-17-7-6-14-22-15-17/h3-5,8-13,17,22H,6-7,14-16H2,1-2H3/t17-/m0/s1. The third-order valence-electron chi connectivity index (χ3n) is 4.96. The van der Waals surface area contributed by atoms with Gasteiger partial charge in [-0.3, -0.25) is 0 Å². The topological polar surface area (TPSA) is 21.3 Å². The molecule has 1 saturated heterocycles. The maximum Gasteiger partial charge on any atom is 0.119 e. The van der Waals surface area contributed by atoms with Gasteiger partial charge in [-0.1, -0.05) is 56.3 Å². The van der Waals surface area contributed by atoms with E-state index < -0.39 is 0 Å². The number of benzene rings is 2. The first kappa shape index (κ1) is 16.1. The van der Waals surface area contributed by atoms with E-state index in [1.165, 1.54) is 24.0 Å². The number of ether oxygens (including phenoxy) is 1. The van der Waals surface area contributed by atoms with Gasteiger partial charge in [-0.2, -0.15) is 0 Å². The van der Waals surface area contributed by atoms with Gasteiger partial charge in [0.05, 0.1) is 6.61 Å². The van der Waals surface area contributed by atoms with Crippen molar-refractivity contribution in [3.05, 3.63) is 65.7 Å². The summed E-state index contributed by atoms with van der Waals surface area (Å²) >= 11 is 0. The first-order valence-electron chi connectivity index (χ1n) is 8.66. The van der Waals surface area contributed by atoms with Gasteiger partial charge in [-0.25, -0.2) is 0 Å². The summed E-state index contributed by atoms with van der Waals surface area (Å²) in [6, 6.07) is 19.3. The van der Waals surface area contributed by atoms with Crippen molar-refractivity contribution in [2.24, 2.45) is 5.92 Å². The summed E-state index contributed by atoms with van der Waals surface area (Å²) in [4.78, 5) is 0. The highest BCUT2D eigenvalue weighted by Gasteiger charge is 2.22. The zero-order valence-corrected chi connectivity index (χ0v) is 14.2. The van der Waals surface area contributed by atoms with E-state index in [0.29, 0.717) is 5.92 Å². The van der Waals surface area contributed by atoms with Crippen LogP contribution in [0.25, 0.3) is 0 Å². The molecule has 0 saturated carbocycles. The minimum absolute atomic E-state index is 0.00702. The molecule has 23 heavy (non-hydrogen) atoms. The highest BCUT2D eigenvalue weighted by molar-refractivity contribution is 5.39. The van der Waals surface area contributed by atoms with Crippen LogP contribution in [-0.2, 0) is 5.41 Å². The van der Waals surface area contributed by atoms with E-state index in [2.05, 4.69) is 73.8 Å². The minimum Gasteiger partial charge on any atom is -0.493 e. The average Bonchev–Trinajstić information content (AvgIpc) is 2.62. The minimum atomic E-state index is 0.00702. The fourth-order valence-corrected chi connectivity index (χ4v) is 3.27. The summed E-state index contributed by atoms with van der Waals surface area (Å²) in [7, 11) is 0. The molecule has 122 valence electrons. The van der Waals surface area contributed by atoms with E-state index >= 15 is 0 Å². The first-order chi connectivity index (χ1) is 11.2. The Hall–Kier alpha value is -1.80. The molecule has 2 aromatic rings. The van der Waals surface area contributed by atoms with Crippen molar-refractivity contribution < 1.29 is 4.74 Å². The zero-order valence-electron chi connectivity index (χ0n) is 14.2. The van der Waals surface area contributed by atoms with Gasteiger partial charge in [0.1, 0.15) is 5.75 Å². The molecule has 1 heterocycles. The molecule has 0 aliphatic carbocycles. The second kappa shape index (κ2) is 7.18. The van der Waals surface area contributed by atoms with Crippen LogP contribution in [0.3, 0.4) is 0 Å². The molecule has 1 atom stereocenters. The predicted molar refractivity (Wildman–Crippen MR) is 96.1 cm³/mol. The van der Waals surface area contributed by atoms with E-state index in [9.17, 15) is 0 Å². The lowest BCUT2D eigenvalue weighted by Crippen LogP contribution is -2.33. The Kier molecular flexibility index (Phi) is 5.02. The zero-order chi connectivity index (χ0) is 16.1. The van der Waals surface area contributed by atoms with Gasteiger partial charge < -0.3 is 10.1 Å². The van der Waals surface area contributed by atoms with E-state index in [4.69, 9.17) is 4.74 Å². The SMILES string of the molecule is CC(C)(c1ccccc1)c1ccc(OC[C@H]2CCCNC2)cc1. The van der Waals surface area contributed by atoms with Crippen molar-refractivity contribution in [3.8, 4) is 5.75 Å². The smallest absolute Gasteiger partial charge is 0.119 e. The van der Waals surface area contributed by atoms with Gasteiger partial charge in [-0.15, -0.1) is 0 Å². The van der Waals surface area contributed by atoms with Gasteiger partial charge in [0.2, 0.25) is 0 Å². The molecular weight excluding hydrogens is 282 g/mol. The van der Waals surface area contributed by atoms with Gasteiger partial charge in [0.25, 0.3) is 0 Å². The molecule has 2 heteroatoms. The van der Waals surface area contributed by atoms with Crippen molar-refractivity contribution in [3.63, 3.8) is 0 Å². The van der Waals surface area contributed by atoms with Crippen LogP contribution in [0.5, 0.6) is 5.75 Å². The average molecular weight is 309 g/mol. The van der Waals surface area contributed by atoms with Crippen molar-refractivity contribution in [2.45, 2.75) is 32.1 Å². The molecule has 1 fully saturated rings. The monoisotopic (exact) mass is 309 g/mol. The van der Waals surface area contributed by atoms with Gasteiger partial charge in [0.15, 0.2) is 0 Å². The fourth-order valence-electron chi connectivity index (χ4n) is 3.27. The molecule has 0 bridgehead atoms. The summed E-state index contributed by atoms with van der Waals surface area (Å²) in [6.45, 7) is 7.59. The normalized spacial score (nSPS) is 18.6. The highest BCUT2D eigenvalue weighted by atomic mass is 16.5. The summed E-state index contributed by atoms with van der Waals surface area (Å²) < 4.78 is 5.98. The number of hydrogen-bond acceptors (Lipinski definition) is 2. The maximum atomic E-state index is 5.98. The van der Waals surface area contributed by atoms with Gasteiger partial charge in [-0.05, 0) is 42.6 Å². The Labute approximate surface area is 139 Å². The fraction of sp³-hybridized carbons (Fsp3) is 0.429. The van der Waals surface area contributed by atoms with Crippen LogP contribution in [0.1, 0.15) is 37.8 Å². The molecule has 1 N–H and O–H groups in total. The summed E-state index contributed by atoms with van der Waals surface area (Å²) in [5, 5.41) is 3.44. The summed E-state index contributed by atoms with van der Waals surface area (Å²) in [5.74, 6) is 1.62. The van der Waals surface area contributed by atoms with Crippen LogP contribution in [0.15, 0.2) is 54.6 Å². The molecule has 1 aliphatic heterocycles. The molecule has 0 amide bonds. The lowest BCUT2D eigenvalue weighted by molar-refractivity contribution is 0.218. The van der Waals surface area contributed by atoms with Crippen molar-refractivity contribution in [1.29, 1.82) is 0 Å². The Bertz CT molecular complexity index is 597. The molecular formula is C21H27NO. The number of piperidine rings is 1. The van der Waals surface area contributed by atoms with Gasteiger partial charge in [0, 0.05) is 17.9 Å². The summed E-state index contributed by atoms with van der Waals surface area (Å²) in [5.41, 5.74) is 2.66. The van der Waals surface area contributed by atoms with Gasteiger partial charge >= 0.3 is 0 Å². The van der Waals surface area contributed by atoms with Crippen LogP contribution in [0, 0.1) is 5.92 Å². The second-order valence-corrected chi connectivity index (χ2v) is 7.04. The molecule has 0 radical (unpaired) electrons. The third-order valence-corrected chi connectivity index (χ3v) is 4.96. The van der Waals surface area contributed by atoms with E-state index in [1.807, 2.05) is 0 Å². The van der Waals surface area contributed by atoms with Crippen molar-refractivity contribution in [1.82, 2.24) is 5.32 Å². The predicted octanol–water partition coefficient (Wildman–Crippen LogP) is 4.39. The van der Waals surface area contributed by atoms with Crippen LogP contribution in [0.4, 0.5) is 0 Å². The number of hydrogen-bond donors (Lipinski definition) is 1. The molecule has 2 nitrogen and oxygen atoms in total. The Morgan fingerprint density at radius 2 is 1.70 bits per heavy atom. The Morgan fingerprint density at radius 3 is 2.35 bits per heavy atom. The van der Waals surface area contributed by atoms with E-state index in [-0.39, 0.29) is 5.41 Å². The van der Waals surface area contributed by atoms with Crippen LogP contribution < -0.4 is 10.1 Å². The highest BCUT2D eigenvalue weighted by Crippen LogP contribution is 2.32. The lowest BCUT2D eigenvalue weighted by Gasteiger charge is -2.26. The molecule has 1 aliphatic rings. The molecule has 2 aromatic carbocycles. The Balaban J connectivity index is 1.64. The Morgan fingerprint density at radius 1 is 1.00 bits per heavy atom. The lowest BCUT2D eigenvalue weighted by atomic mass is 9.78. The number of nitrogens with one attached hydrogen (secondary N) is 1. The van der Waals surface area contributed by atoms with Crippen LogP contribution >= 0.6 is 0 Å². The van der Waals surface area contributed by atoms with E-state index in [0.717, 1.165) is 25.4 Å². The van der Waals surface area contributed by atoms with Crippen molar-refractivity contribution in [2.75, 3.05) is 19.7 Å². The largest absolute Gasteiger partial charge is 0.493 e. The first-order valence-corrected chi connectivity index (χ1v) is 8.66. The summed E-state index contributed by atoms with van der Waals surface area (Å²) in [6.07, 6.45) is 2.53. The maximum absolute atomic E-state index is 5.98. The van der Waals surface area contributed by atoms with E-state index in [1.54, 1.807) is 0 Å². The van der Waals surface area contributed by atoms with Crippen LogP contribution in [0.2, 0.25) is 0 Å². The molecule has 0 unspecified atom stereocenters. The van der Waals surface area contributed by atoms with Crippen molar-refractivity contribution >= 4 is 0 Å². The second-order valence-electron chi connectivity index (χ2n) is 7.04. The third kappa shape index (κ3) is 3.94.